The first-order valence-electron chi connectivity index (χ1n) is 10.5. The number of phenolic OH excluding ortho intramolecular Hbond substituents is 1. The topological polar surface area (TPSA) is 97.6 Å². The van der Waals surface area contributed by atoms with E-state index in [0.29, 0.717) is 18.5 Å². The largest absolute Gasteiger partial charge is 0.508 e. The number of amides is 1. The van der Waals surface area contributed by atoms with E-state index in [4.69, 9.17) is 4.42 Å². The van der Waals surface area contributed by atoms with Gasteiger partial charge in [-0.3, -0.25) is 4.79 Å². The number of piperidine rings is 3. The molecule has 0 radical (unpaired) electrons. The zero-order valence-electron chi connectivity index (χ0n) is 16.7. The van der Waals surface area contributed by atoms with E-state index in [2.05, 4.69) is 15.6 Å². The number of carbonyl (C=O) groups is 1. The highest BCUT2D eigenvalue weighted by molar-refractivity contribution is 5.79. The van der Waals surface area contributed by atoms with Gasteiger partial charge in [-0.05, 0) is 30.2 Å². The number of benzene rings is 1. The number of fused-ring (bicyclic) bond motifs is 3. The maximum Gasteiger partial charge on any atom is 0.229 e. The van der Waals surface area contributed by atoms with Gasteiger partial charge in [0.15, 0.2) is 0 Å². The normalized spacial score (nSPS) is 25.3. The van der Waals surface area contributed by atoms with Crippen LogP contribution in [0.3, 0.4) is 0 Å². The van der Waals surface area contributed by atoms with Crippen molar-refractivity contribution in [1.82, 2.24) is 20.3 Å². The number of hydrogen-bond acceptors (Lipinski definition) is 5. The maximum absolute atomic E-state index is 12.7. The van der Waals surface area contributed by atoms with Crippen LogP contribution in [0.1, 0.15) is 18.6 Å². The van der Waals surface area contributed by atoms with Crippen molar-refractivity contribution in [2.24, 2.45) is 11.8 Å². The molecule has 1 unspecified atom stereocenters. The van der Waals surface area contributed by atoms with Crippen LogP contribution in [0.2, 0.25) is 0 Å². The highest BCUT2D eigenvalue weighted by atomic mass is 16.3. The summed E-state index contributed by atoms with van der Waals surface area (Å²) in [5, 5.41) is 21.3. The molecule has 2 bridgehead atoms. The average Bonchev–Trinajstić information content (AvgIpc) is 3.45. The first-order valence-corrected chi connectivity index (χ1v) is 10.5. The Balaban J connectivity index is 1.20. The molecule has 4 atom stereocenters. The monoisotopic (exact) mass is 408 g/mol. The van der Waals surface area contributed by atoms with Crippen LogP contribution in [0.25, 0.3) is 11.3 Å². The van der Waals surface area contributed by atoms with Crippen molar-refractivity contribution in [3.8, 4) is 17.0 Å². The summed E-state index contributed by atoms with van der Waals surface area (Å²) < 4.78 is 7.20. The van der Waals surface area contributed by atoms with Crippen molar-refractivity contribution in [3.05, 3.63) is 54.6 Å². The molecule has 3 aromatic rings. The van der Waals surface area contributed by atoms with E-state index < -0.39 is 0 Å². The second kappa shape index (κ2) is 7.95. The molecule has 1 aromatic carbocycles. The van der Waals surface area contributed by atoms with Crippen molar-refractivity contribution in [1.29, 1.82) is 0 Å². The molecular weight excluding hydrogens is 382 g/mol. The quantitative estimate of drug-likeness (QED) is 0.562. The van der Waals surface area contributed by atoms with E-state index in [9.17, 15) is 9.90 Å². The molecule has 0 aliphatic carbocycles. The van der Waals surface area contributed by atoms with Crippen molar-refractivity contribution >= 4 is 5.91 Å². The lowest BCUT2D eigenvalue weighted by Crippen LogP contribution is -3.20. The Hall–Kier alpha value is -3.13. The van der Waals surface area contributed by atoms with Gasteiger partial charge in [0.2, 0.25) is 5.91 Å². The van der Waals surface area contributed by atoms with Gasteiger partial charge < -0.3 is 19.7 Å². The minimum absolute atomic E-state index is 0.0681. The number of aromatic hydroxyl groups is 1. The van der Waals surface area contributed by atoms with Crippen molar-refractivity contribution in [3.63, 3.8) is 0 Å². The number of furan rings is 1. The molecule has 8 nitrogen and oxygen atoms in total. The predicted molar refractivity (Wildman–Crippen MR) is 108 cm³/mol. The molecule has 3 aliphatic rings. The second-order valence-corrected chi connectivity index (χ2v) is 8.37. The van der Waals surface area contributed by atoms with Crippen LogP contribution in [0.15, 0.2) is 53.3 Å². The summed E-state index contributed by atoms with van der Waals surface area (Å²) in [4.78, 5) is 14.2. The Morgan fingerprint density at radius 2 is 2.27 bits per heavy atom. The fourth-order valence-corrected chi connectivity index (χ4v) is 4.95. The summed E-state index contributed by atoms with van der Waals surface area (Å²) in [6, 6.07) is 11.2. The van der Waals surface area contributed by atoms with Crippen LogP contribution in [0.4, 0.5) is 0 Å². The molecular formula is C22H26N5O3+. The molecule has 8 heteroatoms. The molecule has 6 rings (SSSR count). The summed E-state index contributed by atoms with van der Waals surface area (Å²) in [6.07, 6.45) is 5.68. The molecule has 3 fully saturated rings. The zero-order chi connectivity index (χ0) is 20.5. The van der Waals surface area contributed by atoms with Gasteiger partial charge in [-0.25, -0.2) is 4.68 Å². The summed E-state index contributed by atoms with van der Waals surface area (Å²) in [7, 11) is 0. The lowest BCUT2D eigenvalue weighted by atomic mass is 9.75. The van der Waals surface area contributed by atoms with Gasteiger partial charge in [-0.2, -0.15) is 0 Å². The Morgan fingerprint density at radius 3 is 3.03 bits per heavy atom. The molecule has 3 aliphatic heterocycles. The fraction of sp³-hybridized carbons (Fsp3) is 0.409. The van der Waals surface area contributed by atoms with Gasteiger partial charge in [0, 0.05) is 18.4 Å². The van der Waals surface area contributed by atoms with E-state index in [-0.39, 0.29) is 17.6 Å². The van der Waals surface area contributed by atoms with Gasteiger partial charge in [0.05, 0.1) is 44.6 Å². The minimum atomic E-state index is 0.0681. The Labute approximate surface area is 174 Å². The van der Waals surface area contributed by atoms with Gasteiger partial charge in [0.25, 0.3) is 0 Å². The Bertz CT molecular complexity index is 1020. The molecule has 30 heavy (non-hydrogen) atoms. The third-order valence-electron chi connectivity index (χ3n) is 6.49. The molecule has 5 heterocycles. The third kappa shape index (κ3) is 3.82. The van der Waals surface area contributed by atoms with E-state index >= 15 is 0 Å². The highest BCUT2D eigenvalue weighted by Crippen LogP contribution is 2.28. The number of carbonyl (C=O) groups excluding carboxylic acids is 1. The number of nitrogens with zero attached hydrogens (tertiary/aromatic N) is 3. The molecule has 3 N–H and O–H groups in total. The standard InChI is InChI=1S/C22H25N5O3/c28-18-4-1-3-16(10-18)21-14-27(25-24-21)12-17-9-15-6-7-26(17)13-20(15)22(29)23-11-19-5-2-8-30-19/h1-5,8,10,14-15,17,20,28H,6-7,9,11-13H2,(H,23,29)/p+1/t15-,17+,20-/m0/s1. The number of quaternary nitrogens is 1. The summed E-state index contributed by atoms with van der Waals surface area (Å²) in [6.45, 7) is 3.21. The summed E-state index contributed by atoms with van der Waals surface area (Å²) in [5.74, 6) is 1.62. The van der Waals surface area contributed by atoms with Gasteiger partial charge in [-0.15, -0.1) is 5.10 Å². The predicted octanol–water partition coefficient (Wildman–Crippen LogP) is 0.853. The summed E-state index contributed by atoms with van der Waals surface area (Å²) in [5.41, 5.74) is 1.61. The first kappa shape index (κ1) is 18.9. The number of rotatable bonds is 6. The maximum atomic E-state index is 12.7. The molecule has 1 amide bonds. The van der Waals surface area contributed by atoms with Crippen LogP contribution in [-0.4, -0.2) is 45.1 Å². The minimum Gasteiger partial charge on any atom is -0.508 e. The molecule has 0 saturated carbocycles. The SMILES string of the molecule is O=C(NCc1ccco1)[C@H]1C[NH+]2CC[C@H]1C[C@@H]2Cn1cc(-c2cccc(O)c2)nn1. The van der Waals surface area contributed by atoms with E-state index in [0.717, 1.165) is 49.5 Å². The van der Waals surface area contributed by atoms with Crippen LogP contribution in [0, 0.1) is 11.8 Å². The van der Waals surface area contributed by atoms with E-state index in [1.165, 1.54) is 4.90 Å². The van der Waals surface area contributed by atoms with Crippen LogP contribution in [-0.2, 0) is 17.9 Å². The van der Waals surface area contributed by atoms with Crippen molar-refractivity contribution < 1.29 is 19.2 Å². The lowest BCUT2D eigenvalue weighted by molar-refractivity contribution is -0.945. The van der Waals surface area contributed by atoms with Crippen LogP contribution < -0.4 is 10.2 Å². The lowest BCUT2D eigenvalue weighted by Gasteiger charge is -2.46. The zero-order valence-corrected chi connectivity index (χ0v) is 16.7. The average molecular weight is 408 g/mol. The molecule has 2 aromatic heterocycles. The van der Waals surface area contributed by atoms with Crippen LogP contribution >= 0.6 is 0 Å². The number of phenols is 1. The fourth-order valence-electron chi connectivity index (χ4n) is 4.95. The molecule has 3 saturated heterocycles. The smallest absolute Gasteiger partial charge is 0.229 e. The van der Waals surface area contributed by atoms with E-state index in [1.54, 1.807) is 24.5 Å². The second-order valence-electron chi connectivity index (χ2n) is 8.37. The van der Waals surface area contributed by atoms with E-state index in [1.807, 2.05) is 29.1 Å². The van der Waals surface area contributed by atoms with Crippen LogP contribution in [0.5, 0.6) is 5.75 Å². The molecule has 0 spiro atoms. The Kier molecular flexibility index (Phi) is 5.00. The number of hydrogen-bond donors (Lipinski definition) is 3. The van der Waals surface area contributed by atoms with Gasteiger partial charge >= 0.3 is 0 Å². The van der Waals surface area contributed by atoms with Crippen molar-refractivity contribution in [2.75, 3.05) is 13.1 Å². The van der Waals surface area contributed by atoms with Gasteiger partial charge in [0.1, 0.15) is 23.2 Å². The first-order chi connectivity index (χ1) is 14.7. The number of aromatic nitrogens is 3. The molecule has 156 valence electrons. The third-order valence-corrected chi connectivity index (χ3v) is 6.49. The Morgan fingerprint density at radius 1 is 1.33 bits per heavy atom. The van der Waals surface area contributed by atoms with Gasteiger partial charge in [-0.1, -0.05) is 17.3 Å². The summed E-state index contributed by atoms with van der Waals surface area (Å²) >= 11 is 0. The number of nitrogens with one attached hydrogen (secondary N) is 2. The van der Waals surface area contributed by atoms with Crippen molar-refractivity contribution in [2.45, 2.75) is 32.0 Å². The highest BCUT2D eigenvalue weighted by Gasteiger charge is 2.46.